The molecule has 3 heterocycles. The van der Waals surface area contributed by atoms with E-state index >= 15 is 0 Å². The van der Waals surface area contributed by atoms with Gasteiger partial charge in [-0.15, -0.1) is 0 Å². The van der Waals surface area contributed by atoms with Crippen molar-refractivity contribution in [2.45, 2.75) is 33.0 Å². The molecule has 2 aliphatic rings. The first-order chi connectivity index (χ1) is 16.0. The van der Waals surface area contributed by atoms with Gasteiger partial charge >= 0.3 is 0 Å². The molecule has 1 unspecified atom stereocenters. The lowest BCUT2D eigenvalue weighted by Gasteiger charge is -2.25. The van der Waals surface area contributed by atoms with Crippen LogP contribution in [0.15, 0.2) is 65.9 Å². The number of aromatic nitrogens is 1. The first-order valence-corrected chi connectivity index (χ1v) is 11.5. The van der Waals surface area contributed by atoms with Crippen LogP contribution in [0.5, 0.6) is 0 Å². The van der Waals surface area contributed by atoms with Crippen LogP contribution < -0.4 is 10.3 Å². The Hall–Kier alpha value is -3.45. The van der Waals surface area contributed by atoms with Gasteiger partial charge < -0.3 is 10.0 Å². The van der Waals surface area contributed by atoms with Crippen LogP contribution >= 0.6 is 0 Å². The number of aliphatic hydroxyl groups is 1. The molecule has 0 radical (unpaired) electrons. The third kappa shape index (κ3) is 4.28. The predicted octanol–water partition coefficient (Wildman–Crippen LogP) is 3.80. The lowest BCUT2D eigenvalue weighted by Crippen LogP contribution is -2.41. The van der Waals surface area contributed by atoms with Gasteiger partial charge in [-0.05, 0) is 47.7 Å². The van der Waals surface area contributed by atoms with Crippen LogP contribution in [0.1, 0.15) is 26.7 Å². The van der Waals surface area contributed by atoms with Gasteiger partial charge in [0.15, 0.2) is 0 Å². The van der Waals surface area contributed by atoms with Gasteiger partial charge in [0.2, 0.25) is 12.3 Å². The Morgan fingerprint density at radius 1 is 1.15 bits per heavy atom. The number of aliphatic hydroxyl groups excluding tert-OH is 1. The number of amides is 1. The summed E-state index contributed by atoms with van der Waals surface area (Å²) < 4.78 is 0. The molecule has 1 aromatic heterocycles. The van der Waals surface area contributed by atoms with Crippen LogP contribution in [0, 0.1) is 11.8 Å². The Morgan fingerprint density at radius 3 is 2.73 bits per heavy atom. The first-order valence-electron chi connectivity index (χ1n) is 11.5. The molecule has 1 fully saturated rings. The second-order valence-corrected chi connectivity index (χ2v) is 9.16. The minimum atomic E-state index is -0.898. The van der Waals surface area contributed by atoms with Gasteiger partial charge in [0.05, 0.1) is 5.52 Å². The van der Waals surface area contributed by atoms with Gasteiger partial charge in [-0.3, -0.25) is 20.1 Å². The molecule has 7 heteroatoms. The number of carbonyl (C=O) groups excluding carboxylic acids is 1. The van der Waals surface area contributed by atoms with E-state index in [2.05, 4.69) is 51.9 Å². The molecule has 2 N–H and O–H groups in total. The van der Waals surface area contributed by atoms with E-state index in [1.54, 1.807) is 6.20 Å². The van der Waals surface area contributed by atoms with E-state index in [1.807, 2.05) is 41.8 Å². The van der Waals surface area contributed by atoms with Gasteiger partial charge in [0, 0.05) is 42.7 Å². The summed E-state index contributed by atoms with van der Waals surface area (Å²) in [6, 6.07) is 18.4. The van der Waals surface area contributed by atoms with Crippen molar-refractivity contribution in [3.8, 4) is 11.1 Å². The Kier molecular flexibility index (Phi) is 5.72. The maximum absolute atomic E-state index is 12.3. The number of nitrogens with one attached hydrogen (secondary N) is 1. The zero-order chi connectivity index (χ0) is 22.9. The van der Waals surface area contributed by atoms with Crippen molar-refractivity contribution in [1.82, 2.24) is 15.3 Å². The van der Waals surface area contributed by atoms with Crippen molar-refractivity contribution < 1.29 is 9.90 Å². The number of pyridine rings is 1. The van der Waals surface area contributed by atoms with Gasteiger partial charge in [-0.2, -0.15) is 5.10 Å². The van der Waals surface area contributed by atoms with Crippen molar-refractivity contribution in [3.05, 3.63) is 60.8 Å². The average Bonchev–Trinajstić information content (AvgIpc) is 3.45. The molecule has 0 spiro atoms. The fourth-order valence-corrected chi connectivity index (χ4v) is 4.70. The molecule has 33 heavy (non-hydrogen) atoms. The molecule has 170 valence electrons. The quantitative estimate of drug-likeness (QED) is 0.627. The van der Waals surface area contributed by atoms with Crippen molar-refractivity contribution in [2.24, 2.45) is 16.9 Å². The molecule has 5 rings (SSSR count). The number of nitrogens with zero attached hydrogens (tertiary/aromatic N) is 4. The molecule has 3 aromatic rings. The zero-order valence-electron chi connectivity index (χ0n) is 19.0. The Balaban J connectivity index is 1.30. The minimum Gasteiger partial charge on any atom is -0.355 e. The van der Waals surface area contributed by atoms with Crippen molar-refractivity contribution in [2.75, 3.05) is 18.0 Å². The number of amidine groups is 1. The molecule has 1 saturated heterocycles. The summed E-state index contributed by atoms with van der Waals surface area (Å²) in [6.45, 7) is 5.42. The van der Waals surface area contributed by atoms with E-state index in [0.717, 1.165) is 53.1 Å². The standard InChI is InChI=1S/C26H29N5O2/c1-17(2)25(32)30-13-11-18(16-30)14-24-28-29-26(33)31(24)22-9-7-19(8-10-22)21-6-5-20-4-3-12-27-23(20)15-21/h3-10,12,15,17-18,26,29,33H,11,13-14,16H2,1-2H3/t18-,26?/m0/s1. The number of hydrogen-bond acceptors (Lipinski definition) is 6. The third-order valence-electron chi connectivity index (χ3n) is 6.48. The van der Waals surface area contributed by atoms with Crippen LogP contribution in [-0.4, -0.2) is 46.2 Å². The highest BCUT2D eigenvalue weighted by Gasteiger charge is 2.33. The summed E-state index contributed by atoms with van der Waals surface area (Å²) in [5.74, 6) is 1.37. The van der Waals surface area contributed by atoms with Crippen LogP contribution in [0.4, 0.5) is 5.69 Å². The molecule has 2 aromatic carbocycles. The van der Waals surface area contributed by atoms with Crippen LogP contribution in [0.3, 0.4) is 0 Å². The zero-order valence-corrected chi connectivity index (χ0v) is 19.0. The number of likely N-dealkylation sites (tertiary alicyclic amines) is 1. The van der Waals surface area contributed by atoms with E-state index in [1.165, 1.54) is 0 Å². The highest BCUT2D eigenvalue weighted by atomic mass is 16.3. The Bertz CT molecular complexity index is 1190. The summed E-state index contributed by atoms with van der Waals surface area (Å²) in [4.78, 5) is 20.6. The molecule has 0 bridgehead atoms. The molecular formula is C26H29N5O2. The second-order valence-electron chi connectivity index (χ2n) is 9.16. The molecule has 0 aliphatic carbocycles. The fourth-order valence-electron chi connectivity index (χ4n) is 4.70. The van der Waals surface area contributed by atoms with Crippen LogP contribution in [0.2, 0.25) is 0 Å². The van der Waals surface area contributed by atoms with Gasteiger partial charge in [0.25, 0.3) is 0 Å². The van der Waals surface area contributed by atoms with E-state index in [0.29, 0.717) is 12.3 Å². The number of rotatable bonds is 5. The molecular weight excluding hydrogens is 414 g/mol. The monoisotopic (exact) mass is 443 g/mol. The maximum Gasteiger partial charge on any atom is 0.225 e. The number of carbonyl (C=O) groups is 1. The summed E-state index contributed by atoms with van der Waals surface area (Å²) >= 11 is 0. The molecule has 7 nitrogen and oxygen atoms in total. The second kappa shape index (κ2) is 8.83. The Labute approximate surface area is 193 Å². The maximum atomic E-state index is 12.3. The first kappa shape index (κ1) is 21.4. The van der Waals surface area contributed by atoms with Crippen molar-refractivity contribution in [3.63, 3.8) is 0 Å². The molecule has 1 amide bonds. The predicted molar refractivity (Wildman–Crippen MR) is 130 cm³/mol. The lowest BCUT2D eigenvalue weighted by atomic mass is 10.0. The number of hydrazone groups is 1. The van der Waals surface area contributed by atoms with Crippen LogP contribution in [0.25, 0.3) is 22.0 Å². The molecule has 2 aliphatic heterocycles. The largest absolute Gasteiger partial charge is 0.355 e. The topological polar surface area (TPSA) is 81.1 Å². The van der Waals surface area contributed by atoms with Gasteiger partial charge in [-0.1, -0.05) is 44.2 Å². The summed E-state index contributed by atoms with van der Waals surface area (Å²) in [7, 11) is 0. The van der Waals surface area contributed by atoms with E-state index < -0.39 is 6.35 Å². The van der Waals surface area contributed by atoms with E-state index in [-0.39, 0.29) is 11.8 Å². The SMILES string of the molecule is CC(C)C(=O)N1CC[C@@H](CC2=NNC(O)N2c2ccc(-c3ccc4cccnc4c3)cc2)C1. The number of hydrogen-bond donors (Lipinski definition) is 2. The summed E-state index contributed by atoms with van der Waals surface area (Å²) in [5, 5.41) is 16.0. The highest BCUT2D eigenvalue weighted by Crippen LogP contribution is 2.29. The van der Waals surface area contributed by atoms with E-state index in [9.17, 15) is 9.90 Å². The van der Waals surface area contributed by atoms with Gasteiger partial charge in [-0.25, -0.2) is 0 Å². The Morgan fingerprint density at radius 2 is 1.94 bits per heavy atom. The minimum absolute atomic E-state index is 0.0180. The number of fused-ring (bicyclic) bond motifs is 1. The van der Waals surface area contributed by atoms with E-state index in [4.69, 9.17) is 0 Å². The highest BCUT2D eigenvalue weighted by molar-refractivity contribution is 5.99. The fraction of sp³-hybridized carbons (Fsp3) is 0.346. The summed E-state index contributed by atoms with van der Waals surface area (Å²) in [5.41, 5.74) is 6.82. The number of benzene rings is 2. The number of anilines is 1. The lowest BCUT2D eigenvalue weighted by molar-refractivity contribution is -0.133. The van der Waals surface area contributed by atoms with Crippen LogP contribution in [-0.2, 0) is 4.79 Å². The third-order valence-corrected chi connectivity index (χ3v) is 6.48. The normalized spacial score (nSPS) is 20.4. The average molecular weight is 444 g/mol. The summed E-state index contributed by atoms with van der Waals surface area (Å²) in [6.07, 6.45) is 2.58. The molecule has 0 saturated carbocycles. The van der Waals surface area contributed by atoms with Crippen molar-refractivity contribution >= 4 is 28.3 Å². The smallest absolute Gasteiger partial charge is 0.225 e. The molecule has 2 atom stereocenters. The van der Waals surface area contributed by atoms with Gasteiger partial charge in [0.1, 0.15) is 5.84 Å². The van der Waals surface area contributed by atoms with Crippen molar-refractivity contribution in [1.29, 1.82) is 0 Å².